The number of benzene rings is 2. The number of hydrogen-bond acceptors (Lipinski definition) is 8. The summed E-state index contributed by atoms with van der Waals surface area (Å²) in [5.41, 5.74) is 4.67. The Bertz CT molecular complexity index is 2390. The molecule has 2 aromatic carbocycles. The van der Waals surface area contributed by atoms with Crippen molar-refractivity contribution in [1.82, 2.24) is 29.6 Å². The highest BCUT2D eigenvalue weighted by molar-refractivity contribution is 5.90. The minimum Gasteiger partial charge on any atom is -0.396 e. The zero-order valence-corrected chi connectivity index (χ0v) is 38.2. The number of carbonyl (C=O) groups is 4. The van der Waals surface area contributed by atoms with Gasteiger partial charge in [0.2, 0.25) is 23.6 Å². The number of carbonyl (C=O) groups excluding carboxylic acids is 4. The first-order chi connectivity index (χ1) is 32.0. The van der Waals surface area contributed by atoms with Crippen LogP contribution in [-0.2, 0) is 45.1 Å². The van der Waals surface area contributed by atoms with Crippen LogP contribution in [0, 0.1) is 23.7 Å². The van der Waals surface area contributed by atoms with Gasteiger partial charge in [0.05, 0.1) is 12.1 Å². The molecule has 14 nitrogen and oxygen atoms in total. The molecule has 0 radical (unpaired) electrons. The molecule has 2 fully saturated rings. The van der Waals surface area contributed by atoms with Crippen molar-refractivity contribution in [3.05, 3.63) is 151 Å². The average Bonchev–Trinajstić information content (AvgIpc) is 4.08. The van der Waals surface area contributed by atoms with Crippen LogP contribution >= 0.6 is 0 Å². The van der Waals surface area contributed by atoms with E-state index < -0.39 is 36.0 Å². The summed E-state index contributed by atoms with van der Waals surface area (Å²) in [6.45, 7) is 8.47. The number of aromatic nitrogens is 2. The Labute approximate surface area is 385 Å². The number of aliphatic hydroxyl groups is 2. The molecule has 0 unspecified atom stereocenters. The monoisotopic (exact) mass is 898 g/mol. The van der Waals surface area contributed by atoms with Crippen LogP contribution in [-0.4, -0.2) is 91.2 Å². The van der Waals surface area contributed by atoms with Crippen molar-refractivity contribution in [1.29, 1.82) is 0 Å². The maximum absolute atomic E-state index is 13.3. The third-order valence-electron chi connectivity index (χ3n) is 13.7. The highest BCUT2D eigenvalue weighted by atomic mass is 16.3. The molecule has 4 aromatic rings. The fourth-order valence-electron chi connectivity index (χ4n) is 10.7. The van der Waals surface area contributed by atoms with Crippen LogP contribution in [0.1, 0.15) is 86.3 Å². The SMILES string of the molecule is C/C=C/c1ccc2n(c1=O)C[C@@H]1[C@@H](CO)[C@H](C(=O)NCCc3ccccc3)N(C(=O)CC)[C@H]21.C/C=C\c1ccc2n(c1=O)C[C@@H]1[C@@H](CO)[C@H](C(=O)NCCc3ccccc3)N(C(=O)CC)[C@H]21. The number of nitrogens with one attached hydrogen (secondary N) is 2. The molecule has 8 atom stereocenters. The molecular formula is C52H62N6O8. The maximum Gasteiger partial charge on any atom is 0.258 e. The maximum atomic E-state index is 13.3. The summed E-state index contributed by atoms with van der Waals surface area (Å²) in [6, 6.07) is 24.7. The van der Waals surface area contributed by atoms with Crippen molar-refractivity contribution in [3.8, 4) is 0 Å². The number of amides is 4. The summed E-state index contributed by atoms with van der Waals surface area (Å²) in [4.78, 5) is 81.9. The van der Waals surface area contributed by atoms with Gasteiger partial charge in [0, 0.05) is 98.4 Å². The first-order valence-electron chi connectivity index (χ1n) is 23.2. The number of rotatable bonds is 14. The second-order valence-corrected chi connectivity index (χ2v) is 17.4. The molecule has 348 valence electrons. The highest BCUT2D eigenvalue weighted by Crippen LogP contribution is 2.50. The molecule has 4 amide bonds. The standard InChI is InChI=1S/2C26H31N3O4/c2*1-3-8-18-11-12-21-23-19(15-28(21)26(18)33)20(16-30)24(29(23)22(31)4-2)25(32)27-14-13-17-9-6-5-7-10-17/h2*3,5-12,19-20,23-24,30H,4,13-16H2,1-2H3,(H,27,32)/b8-3+;8-3-/t2*19-,20-,23+,24-/m11/s1. The minimum atomic E-state index is -0.757. The van der Waals surface area contributed by atoms with Crippen LogP contribution in [0.15, 0.2) is 107 Å². The average molecular weight is 899 g/mol. The smallest absolute Gasteiger partial charge is 0.258 e. The molecule has 4 aliphatic heterocycles. The molecule has 8 rings (SSSR count). The van der Waals surface area contributed by atoms with Crippen LogP contribution < -0.4 is 21.8 Å². The first-order valence-corrected chi connectivity index (χ1v) is 23.2. The van der Waals surface area contributed by atoms with Gasteiger partial charge >= 0.3 is 0 Å². The topological polar surface area (TPSA) is 183 Å². The molecule has 4 aliphatic rings. The summed E-state index contributed by atoms with van der Waals surface area (Å²) in [5, 5.41) is 26.5. The Morgan fingerprint density at radius 1 is 0.591 bits per heavy atom. The minimum absolute atomic E-state index is 0.107. The van der Waals surface area contributed by atoms with Crippen molar-refractivity contribution < 1.29 is 29.4 Å². The molecule has 0 bridgehead atoms. The van der Waals surface area contributed by atoms with Crippen LogP contribution in [0.25, 0.3) is 12.2 Å². The third-order valence-corrected chi connectivity index (χ3v) is 13.7. The predicted molar refractivity (Wildman–Crippen MR) is 253 cm³/mol. The fraction of sp³-hybridized carbons (Fsp3) is 0.423. The van der Waals surface area contributed by atoms with Gasteiger partial charge in [-0.05, 0) is 62.1 Å². The lowest BCUT2D eigenvalue weighted by atomic mass is 9.88. The van der Waals surface area contributed by atoms with E-state index in [-0.39, 0.29) is 72.6 Å². The number of likely N-dealkylation sites (tertiary alicyclic amines) is 2. The number of aliphatic hydroxyl groups excluding tert-OH is 2. The van der Waals surface area contributed by atoms with Crippen molar-refractivity contribution >= 4 is 35.8 Å². The first kappa shape index (κ1) is 47.6. The van der Waals surface area contributed by atoms with E-state index in [4.69, 9.17) is 0 Å². The summed E-state index contributed by atoms with van der Waals surface area (Å²) in [5.74, 6) is -2.06. The van der Waals surface area contributed by atoms with Crippen LogP contribution in [0.5, 0.6) is 0 Å². The summed E-state index contributed by atoms with van der Waals surface area (Å²) >= 11 is 0. The number of nitrogens with zero attached hydrogens (tertiary/aromatic N) is 4. The van der Waals surface area contributed by atoms with Gasteiger partial charge in [-0.1, -0.05) is 98.8 Å². The Morgan fingerprint density at radius 2 is 0.970 bits per heavy atom. The summed E-state index contributed by atoms with van der Waals surface area (Å²) in [7, 11) is 0. The van der Waals surface area contributed by atoms with Gasteiger partial charge in [-0.3, -0.25) is 28.8 Å². The van der Waals surface area contributed by atoms with E-state index >= 15 is 0 Å². The molecule has 0 aliphatic carbocycles. The van der Waals surface area contributed by atoms with Gasteiger partial charge in [-0.15, -0.1) is 0 Å². The fourth-order valence-corrected chi connectivity index (χ4v) is 10.7. The Kier molecular flexibility index (Phi) is 15.3. The molecule has 0 saturated carbocycles. The van der Waals surface area contributed by atoms with Gasteiger partial charge in [0.1, 0.15) is 12.1 Å². The Balaban J connectivity index is 0.000000196. The Hall–Kier alpha value is -6.38. The van der Waals surface area contributed by atoms with Crippen molar-refractivity contribution in [2.75, 3.05) is 26.3 Å². The third kappa shape index (κ3) is 9.21. The zero-order chi connectivity index (χ0) is 47.1. The van der Waals surface area contributed by atoms with E-state index in [2.05, 4.69) is 10.6 Å². The van der Waals surface area contributed by atoms with Crippen LogP contribution in [0.2, 0.25) is 0 Å². The van der Waals surface area contributed by atoms with E-state index in [1.807, 2.05) is 98.8 Å². The van der Waals surface area contributed by atoms with E-state index in [1.54, 1.807) is 57.1 Å². The highest BCUT2D eigenvalue weighted by Gasteiger charge is 2.58. The van der Waals surface area contributed by atoms with Crippen molar-refractivity contribution in [3.63, 3.8) is 0 Å². The van der Waals surface area contributed by atoms with Crippen LogP contribution in [0.3, 0.4) is 0 Å². The van der Waals surface area contributed by atoms with Crippen LogP contribution in [0.4, 0.5) is 0 Å². The molecule has 66 heavy (non-hydrogen) atoms. The largest absolute Gasteiger partial charge is 0.396 e. The van der Waals surface area contributed by atoms with E-state index in [1.165, 1.54) is 0 Å². The number of fused-ring (bicyclic) bond motifs is 6. The van der Waals surface area contributed by atoms with Gasteiger partial charge in [0.25, 0.3) is 11.1 Å². The molecule has 14 heteroatoms. The zero-order valence-electron chi connectivity index (χ0n) is 38.2. The quantitative estimate of drug-likeness (QED) is 0.145. The van der Waals surface area contributed by atoms with Crippen molar-refractivity contribution in [2.45, 2.75) is 90.6 Å². The second-order valence-electron chi connectivity index (χ2n) is 17.4. The lowest BCUT2D eigenvalue weighted by Crippen LogP contribution is -2.50. The molecule has 2 aromatic heterocycles. The normalized spacial score (nSPS) is 23.5. The Morgan fingerprint density at radius 3 is 1.30 bits per heavy atom. The molecule has 4 N–H and O–H groups in total. The lowest BCUT2D eigenvalue weighted by molar-refractivity contribution is -0.141. The van der Waals surface area contributed by atoms with Crippen molar-refractivity contribution in [2.24, 2.45) is 23.7 Å². The second kappa shape index (κ2) is 21.3. The summed E-state index contributed by atoms with van der Waals surface area (Å²) < 4.78 is 3.40. The van der Waals surface area contributed by atoms with Gasteiger partial charge in [-0.25, -0.2) is 0 Å². The summed E-state index contributed by atoms with van der Waals surface area (Å²) in [6.07, 6.45) is 9.03. The van der Waals surface area contributed by atoms with E-state index in [9.17, 15) is 39.0 Å². The molecular weight excluding hydrogens is 837 g/mol. The number of allylic oxidation sites excluding steroid dienone is 2. The van der Waals surface area contributed by atoms with Gasteiger partial charge < -0.3 is 39.8 Å². The predicted octanol–water partition coefficient (Wildman–Crippen LogP) is 4.28. The van der Waals surface area contributed by atoms with Gasteiger partial charge in [-0.2, -0.15) is 0 Å². The van der Waals surface area contributed by atoms with E-state index in [0.29, 0.717) is 50.1 Å². The lowest BCUT2D eigenvalue weighted by Gasteiger charge is -2.30. The molecule has 2 saturated heterocycles. The van der Waals surface area contributed by atoms with E-state index in [0.717, 1.165) is 22.5 Å². The number of pyridine rings is 2. The molecule has 0 spiro atoms. The number of hydrogen-bond donors (Lipinski definition) is 4. The molecule has 6 heterocycles. The van der Waals surface area contributed by atoms with Gasteiger partial charge in [0.15, 0.2) is 0 Å².